The van der Waals surface area contributed by atoms with Crippen molar-refractivity contribution in [3.05, 3.63) is 39.7 Å². The molecule has 0 amide bonds. The van der Waals surface area contributed by atoms with Crippen LogP contribution in [-0.4, -0.2) is 16.5 Å². The highest BCUT2D eigenvalue weighted by molar-refractivity contribution is 7.14. The second-order valence-corrected chi connectivity index (χ2v) is 6.34. The zero-order valence-electron chi connectivity index (χ0n) is 11.4. The highest BCUT2D eigenvalue weighted by Crippen LogP contribution is 2.33. The first-order valence-electron chi connectivity index (χ1n) is 6.63. The monoisotopic (exact) mass is 337 g/mol. The van der Waals surface area contributed by atoms with Crippen LogP contribution in [0.15, 0.2) is 29.6 Å². The SMILES string of the molecule is CCCNc1nc(-c2sccc2Cl)nc2cc(Cl)ccc12. The summed E-state index contributed by atoms with van der Waals surface area (Å²) >= 11 is 13.8. The quantitative estimate of drug-likeness (QED) is 0.684. The first-order valence-corrected chi connectivity index (χ1v) is 8.27. The summed E-state index contributed by atoms with van der Waals surface area (Å²) in [6, 6.07) is 7.49. The van der Waals surface area contributed by atoms with E-state index in [1.54, 1.807) is 0 Å². The number of nitrogens with one attached hydrogen (secondary N) is 1. The molecule has 2 heterocycles. The zero-order chi connectivity index (χ0) is 14.8. The summed E-state index contributed by atoms with van der Waals surface area (Å²) in [6.45, 7) is 2.97. The number of fused-ring (bicyclic) bond motifs is 1. The molecule has 3 nitrogen and oxygen atoms in total. The lowest BCUT2D eigenvalue weighted by Gasteiger charge is -2.10. The minimum absolute atomic E-state index is 0.628. The number of thiophene rings is 1. The standard InChI is InChI=1S/C15H13Cl2N3S/c1-2-6-18-14-10-4-3-9(16)8-12(10)19-15(20-14)13-11(17)5-7-21-13/h3-5,7-8H,2,6H2,1H3,(H,18,19,20). The van der Waals surface area contributed by atoms with Crippen LogP contribution in [0.1, 0.15) is 13.3 Å². The molecule has 0 atom stereocenters. The van der Waals surface area contributed by atoms with Gasteiger partial charge in [0.25, 0.3) is 0 Å². The van der Waals surface area contributed by atoms with Crippen molar-refractivity contribution in [2.75, 3.05) is 11.9 Å². The van der Waals surface area contributed by atoms with E-state index in [1.807, 2.05) is 29.6 Å². The van der Waals surface area contributed by atoms with Crippen LogP contribution in [0.2, 0.25) is 10.0 Å². The van der Waals surface area contributed by atoms with E-state index in [2.05, 4.69) is 22.2 Å². The summed E-state index contributed by atoms with van der Waals surface area (Å²) in [5.41, 5.74) is 0.815. The predicted octanol–water partition coefficient (Wildman–Crippen LogP) is 5.49. The van der Waals surface area contributed by atoms with Gasteiger partial charge in [-0.2, -0.15) is 0 Å². The smallest absolute Gasteiger partial charge is 0.173 e. The predicted molar refractivity (Wildman–Crippen MR) is 91.7 cm³/mol. The van der Waals surface area contributed by atoms with Crippen LogP contribution in [0.4, 0.5) is 5.82 Å². The fraction of sp³-hybridized carbons (Fsp3) is 0.200. The third-order valence-electron chi connectivity index (χ3n) is 3.02. The molecule has 0 aliphatic rings. The molecule has 6 heteroatoms. The van der Waals surface area contributed by atoms with Crippen molar-refractivity contribution in [3.8, 4) is 10.7 Å². The highest BCUT2D eigenvalue weighted by atomic mass is 35.5. The van der Waals surface area contributed by atoms with Crippen LogP contribution in [0.25, 0.3) is 21.6 Å². The van der Waals surface area contributed by atoms with Gasteiger partial charge in [0.2, 0.25) is 0 Å². The molecular formula is C15H13Cl2N3S. The molecule has 21 heavy (non-hydrogen) atoms. The maximum Gasteiger partial charge on any atom is 0.173 e. The lowest BCUT2D eigenvalue weighted by Crippen LogP contribution is -2.04. The molecule has 0 unspecified atom stereocenters. The Morgan fingerprint density at radius 1 is 1.19 bits per heavy atom. The van der Waals surface area contributed by atoms with Gasteiger partial charge in [-0.05, 0) is 36.1 Å². The van der Waals surface area contributed by atoms with Crippen molar-refractivity contribution < 1.29 is 0 Å². The molecule has 1 N–H and O–H groups in total. The topological polar surface area (TPSA) is 37.8 Å². The maximum atomic E-state index is 6.20. The molecule has 0 saturated heterocycles. The Balaban J connectivity index is 2.20. The van der Waals surface area contributed by atoms with Crippen molar-refractivity contribution in [1.29, 1.82) is 0 Å². The highest BCUT2D eigenvalue weighted by Gasteiger charge is 2.13. The minimum Gasteiger partial charge on any atom is -0.369 e. The van der Waals surface area contributed by atoms with Gasteiger partial charge >= 0.3 is 0 Å². The van der Waals surface area contributed by atoms with E-state index in [9.17, 15) is 0 Å². The van der Waals surface area contributed by atoms with E-state index >= 15 is 0 Å². The molecule has 0 aliphatic carbocycles. The minimum atomic E-state index is 0.628. The van der Waals surface area contributed by atoms with Crippen molar-refractivity contribution in [1.82, 2.24) is 9.97 Å². The van der Waals surface area contributed by atoms with Gasteiger partial charge in [-0.25, -0.2) is 9.97 Å². The van der Waals surface area contributed by atoms with Gasteiger partial charge in [0.1, 0.15) is 5.82 Å². The summed E-state index contributed by atoms with van der Waals surface area (Å²) in [7, 11) is 0. The Bertz CT molecular complexity index is 786. The molecule has 2 aromatic heterocycles. The van der Waals surface area contributed by atoms with E-state index in [4.69, 9.17) is 23.2 Å². The van der Waals surface area contributed by atoms with E-state index in [1.165, 1.54) is 11.3 Å². The molecule has 0 fully saturated rings. The fourth-order valence-electron chi connectivity index (χ4n) is 2.04. The number of nitrogens with zero attached hydrogens (tertiary/aromatic N) is 2. The van der Waals surface area contributed by atoms with Gasteiger partial charge in [-0.3, -0.25) is 0 Å². The van der Waals surface area contributed by atoms with Crippen LogP contribution in [0.3, 0.4) is 0 Å². The Hall–Kier alpha value is -1.36. The number of rotatable bonds is 4. The van der Waals surface area contributed by atoms with Gasteiger partial charge in [-0.15, -0.1) is 11.3 Å². The van der Waals surface area contributed by atoms with Crippen LogP contribution in [0.5, 0.6) is 0 Å². The first kappa shape index (κ1) is 14.6. The number of anilines is 1. The average molecular weight is 338 g/mol. The van der Waals surface area contributed by atoms with Gasteiger partial charge in [0, 0.05) is 17.0 Å². The summed E-state index contributed by atoms with van der Waals surface area (Å²) in [5, 5.41) is 7.57. The van der Waals surface area contributed by atoms with Crippen LogP contribution in [-0.2, 0) is 0 Å². The molecule has 3 aromatic rings. The number of hydrogen-bond donors (Lipinski definition) is 1. The summed E-state index contributed by atoms with van der Waals surface area (Å²) < 4.78 is 0. The molecule has 0 saturated carbocycles. The number of benzene rings is 1. The summed E-state index contributed by atoms with van der Waals surface area (Å²) in [4.78, 5) is 10.1. The van der Waals surface area contributed by atoms with Crippen LogP contribution >= 0.6 is 34.5 Å². The normalized spacial score (nSPS) is 11.0. The van der Waals surface area contributed by atoms with Gasteiger partial charge in [0.15, 0.2) is 5.82 Å². The van der Waals surface area contributed by atoms with Crippen LogP contribution < -0.4 is 5.32 Å². The lowest BCUT2D eigenvalue weighted by atomic mass is 10.2. The Morgan fingerprint density at radius 3 is 2.76 bits per heavy atom. The van der Waals surface area contributed by atoms with Gasteiger partial charge < -0.3 is 5.32 Å². The van der Waals surface area contributed by atoms with Gasteiger partial charge in [-0.1, -0.05) is 30.1 Å². The van der Waals surface area contributed by atoms with Crippen molar-refractivity contribution in [2.45, 2.75) is 13.3 Å². The Labute approximate surface area is 137 Å². The van der Waals surface area contributed by atoms with Gasteiger partial charge in [0.05, 0.1) is 15.4 Å². The Morgan fingerprint density at radius 2 is 2.05 bits per heavy atom. The lowest BCUT2D eigenvalue weighted by molar-refractivity contribution is 0.970. The van der Waals surface area contributed by atoms with Crippen molar-refractivity contribution >= 4 is 51.3 Å². The molecule has 3 rings (SSSR count). The fourth-order valence-corrected chi connectivity index (χ4v) is 3.28. The maximum absolute atomic E-state index is 6.20. The molecular weight excluding hydrogens is 325 g/mol. The molecule has 0 spiro atoms. The second-order valence-electron chi connectivity index (χ2n) is 4.58. The third-order valence-corrected chi connectivity index (χ3v) is 4.59. The first-order chi connectivity index (χ1) is 10.2. The van der Waals surface area contributed by atoms with E-state index in [0.717, 1.165) is 34.6 Å². The van der Waals surface area contributed by atoms with E-state index < -0.39 is 0 Å². The largest absolute Gasteiger partial charge is 0.369 e. The molecule has 0 aliphatic heterocycles. The Kier molecular flexibility index (Phi) is 4.29. The third kappa shape index (κ3) is 2.98. The number of aromatic nitrogens is 2. The molecule has 1 aromatic carbocycles. The number of hydrogen-bond acceptors (Lipinski definition) is 4. The molecule has 0 bridgehead atoms. The average Bonchev–Trinajstić information content (AvgIpc) is 2.90. The summed E-state index contributed by atoms with van der Waals surface area (Å²) in [6.07, 6.45) is 1.02. The van der Waals surface area contributed by atoms with Crippen molar-refractivity contribution in [3.63, 3.8) is 0 Å². The van der Waals surface area contributed by atoms with E-state index in [0.29, 0.717) is 15.9 Å². The second kappa shape index (κ2) is 6.18. The van der Waals surface area contributed by atoms with Crippen LogP contribution in [0, 0.1) is 0 Å². The van der Waals surface area contributed by atoms with E-state index in [-0.39, 0.29) is 0 Å². The number of halogens is 2. The molecule has 0 radical (unpaired) electrons. The zero-order valence-corrected chi connectivity index (χ0v) is 13.7. The summed E-state index contributed by atoms with van der Waals surface area (Å²) in [5.74, 6) is 1.45. The molecule has 108 valence electrons. The van der Waals surface area contributed by atoms with Crippen molar-refractivity contribution in [2.24, 2.45) is 0 Å².